The van der Waals surface area contributed by atoms with Crippen LogP contribution in [-0.2, 0) is 4.79 Å². The zero-order valence-corrected chi connectivity index (χ0v) is 11.2. The predicted molar refractivity (Wildman–Crippen MR) is 70.6 cm³/mol. The average Bonchev–Trinajstić information content (AvgIpc) is 2.29. The molecule has 102 valence electrons. The lowest BCUT2D eigenvalue weighted by Gasteiger charge is -2.12. The SMILES string of the molecule is CC(C)CCCCC(O)CNC(=O)CCCN. The van der Waals surface area contributed by atoms with Gasteiger partial charge in [0.1, 0.15) is 0 Å². The van der Waals surface area contributed by atoms with Crippen LogP contribution in [0.5, 0.6) is 0 Å². The number of nitrogens with two attached hydrogens (primary N) is 1. The average molecular weight is 244 g/mol. The standard InChI is InChI=1S/C13H28N2O2/c1-11(2)6-3-4-7-12(16)10-15-13(17)8-5-9-14/h11-12,16H,3-10,14H2,1-2H3,(H,15,17). The monoisotopic (exact) mass is 244 g/mol. The number of nitrogens with one attached hydrogen (secondary N) is 1. The van der Waals surface area contributed by atoms with E-state index in [1.807, 2.05) is 0 Å². The van der Waals surface area contributed by atoms with Crippen molar-refractivity contribution in [2.45, 2.75) is 58.5 Å². The molecule has 0 fully saturated rings. The number of carbonyl (C=O) groups excluding carboxylic acids is 1. The molecule has 1 atom stereocenters. The van der Waals surface area contributed by atoms with Crippen molar-refractivity contribution in [1.29, 1.82) is 0 Å². The Hall–Kier alpha value is -0.610. The minimum Gasteiger partial charge on any atom is -0.391 e. The first-order chi connectivity index (χ1) is 8.06. The molecule has 0 aliphatic rings. The molecule has 0 aromatic carbocycles. The third kappa shape index (κ3) is 11.6. The molecule has 1 amide bonds. The maximum atomic E-state index is 11.2. The van der Waals surface area contributed by atoms with Crippen molar-refractivity contribution in [3.8, 4) is 0 Å². The van der Waals surface area contributed by atoms with E-state index < -0.39 is 6.10 Å². The second kappa shape index (κ2) is 10.5. The summed E-state index contributed by atoms with van der Waals surface area (Å²) >= 11 is 0. The lowest BCUT2D eigenvalue weighted by Crippen LogP contribution is -2.32. The van der Waals surface area contributed by atoms with Gasteiger partial charge in [0.15, 0.2) is 0 Å². The molecule has 0 aromatic heterocycles. The van der Waals surface area contributed by atoms with E-state index in [9.17, 15) is 9.90 Å². The summed E-state index contributed by atoms with van der Waals surface area (Å²) in [4.78, 5) is 11.2. The summed E-state index contributed by atoms with van der Waals surface area (Å²) in [6.07, 6.45) is 4.89. The number of unbranched alkanes of at least 4 members (excludes halogenated alkanes) is 1. The van der Waals surface area contributed by atoms with E-state index in [0.717, 1.165) is 25.2 Å². The summed E-state index contributed by atoms with van der Waals surface area (Å²) in [5.41, 5.74) is 5.31. The first-order valence-electron chi connectivity index (χ1n) is 6.71. The van der Waals surface area contributed by atoms with Gasteiger partial charge >= 0.3 is 0 Å². The fourth-order valence-electron chi connectivity index (χ4n) is 1.62. The van der Waals surface area contributed by atoms with Crippen molar-refractivity contribution < 1.29 is 9.90 Å². The molecule has 0 bridgehead atoms. The Bertz CT molecular complexity index is 196. The summed E-state index contributed by atoms with van der Waals surface area (Å²) in [5.74, 6) is 0.708. The highest BCUT2D eigenvalue weighted by atomic mass is 16.3. The number of hydrogen-bond donors (Lipinski definition) is 3. The number of aliphatic hydroxyl groups is 1. The summed E-state index contributed by atoms with van der Waals surface area (Å²) in [6.45, 7) is 5.30. The smallest absolute Gasteiger partial charge is 0.220 e. The molecule has 0 saturated heterocycles. The summed E-state index contributed by atoms with van der Waals surface area (Å²) in [5, 5.41) is 12.4. The normalized spacial score (nSPS) is 12.8. The third-order valence-corrected chi connectivity index (χ3v) is 2.71. The third-order valence-electron chi connectivity index (χ3n) is 2.71. The van der Waals surface area contributed by atoms with Crippen molar-refractivity contribution in [2.75, 3.05) is 13.1 Å². The van der Waals surface area contributed by atoms with Gasteiger partial charge < -0.3 is 16.2 Å². The van der Waals surface area contributed by atoms with Crippen LogP contribution >= 0.6 is 0 Å². The fraction of sp³-hybridized carbons (Fsp3) is 0.923. The van der Waals surface area contributed by atoms with Gasteiger partial charge in [0.2, 0.25) is 5.91 Å². The van der Waals surface area contributed by atoms with Crippen molar-refractivity contribution >= 4 is 5.91 Å². The Morgan fingerprint density at radius 3 is 2.47 bits per heavy atom. The van der Waals surface area contributed by atoms with Crippen LogP contribution in [0.1, 0.15) is 52.4 Å². The number of carbonyl (C=O) groups is 1. The van der Waals surface area contributed by atoms with Crippen molar-refractivity contribution in [3.05, 3.63) is 0 Å². The second-order valence-corrected chi connectivity index (χ2v) is 5.03. The quantitative estimate of drug-likeness (QED) is 0.509. The van der Waals surface area contributed by atoms with E-state index in [2.05, 4.69) is 19.2 Å². The molecule has 1 unspecified atom stereocenters. The highest BCUT2D eigenvalue weighted by Gasteiger charge is 2.06. The zero-order valence-electron chi connectivity index (χ0n) is 11.2. The highest BCUT2D eigenvalue weighted by molar-refractivity contribution is 5.75. The van der Waals surface area contributed by atoms with Gasteiger partial charge in [-0.3, -0.25) is 4.79 Å². The first kappa shape index (κ1) is 16.4. The molecular weight excluding hydrogens is 216 g/mol. The summed E-state index contributed by atoms with van der Waals surface area (Å²) < 4.78 is 0. The van der Waals surface area contributed by atoms with Crippen LogP contribution in [0, 0.1) is 5.92 Å². The molecule has 0 aliphatic carbocycles. The molecule has 0 saturated carbocycles. The molecule has 0 rings (SSSR count). The number of aliphatic hydroxyl groups excluding tert-OH is 1. The van der Waals surface area contributed by atoms with Crippen molar-refractivity contribution in [3.63, 3.8) is 0 Å². The van der Waals surface area contributed by atoms with Crippen molar-refractivity contribution in [1.82, 2.24) is 5.32 Å². The van der Waals surface area contributed by atoms with Crippen molar-refractivity contribution in [2.24, 2.45) is 11.7 Å². The van der Waals surface area contributed by atoms with E-state index >= 15 is 0 Å². The van der Waals surface area contributed by atoms with E-state index in [1.54, 1.807) is 0 Å². The van der Waals surface area contributed by atoms with E-state index in [4.69, 9.17) is 5.73 Å². The summed E-state index contributed by atoms with van der Waals surface area (Å²) in [6, 6.07) is 0. The van der Waals surface area contributed by atoms with Crippen LogP contribution in [0.25, 0.3) is 0 Å². The molecule has 0 spiro atoms. The van der Waals surface area contributed by atoms with E-state index in [1.165, 1.54) is 6.42 Å². The Kier molecular flexibility index (Phi) is 10.2. The molecular formula is C13H28N2O2. The Balaban J connectivity index is 3.39. The summed E-state index contributed by atoms with van der Waals surface area (Å²) in [7, 11) is 0. The van der Waals surface area contributed by atoms with Crippen LogP contribution in [-0.4, -0.2) is 30.2 Å². The van der Waals surface area contributed by atoms with Gasteiger partial charge in [0, 0.05) is 13.0 Å². The molecule has 17 heavy (non-hydrogen) atoms. The fourth-order valence-corrected chi connectivity index (χ4v) is 1.62. The van der Waals surface area contributed by atoms with Crippen LogP contribution in [0.4, 0.5) is 0 Å². The molecule has 4 heteroatoms. The molecule has 0 radical (unpaired) electrons. The molecule has 0 aromatic rings. The maximum Gasteiger partial charge on any atom is 0.220 e. The van der Waals surface area contributed by atoms with Gasteiger partial charge in [0.25, 0.3) is 0 Å². The largest absolute Gasteiger partial charge is 0.391 e. The van der Waals surface area contributed by atoms with Gasteiger partial charge in [-0.05, 0) is 25.3 Å². The van der Waals surface area contributed by atoms with Gasteiger partial charge in [0.05, 0.1) is 6.10 Å². The van der Waals surface area contributed by atoms with E-state index in [0.29, 0.717) is 25.9 Å². The lowest BCUT2D eigenvalue weighted by molar-refractivity contribution is -0.121. The lowest BCUT2D eigenvalue weighted by atomic mass is 10.0. The number of rotatable bonds is 10. The van der Waals surface area contributed by atoms with Crippen LogP contribution in [0.15, 0.2) is 0 Å². The zero-order chi connectivity index (χ0) is 13.1. The van der Waals surface area contributed by atoms with E-state index in [-0.39, 0.29) is 5.91 Å². The topological polar surface area (TPSA) is 75.3 Å². The molecule has 4 nitrogen and oxygen atoms in total. The van der Waals surface area contributed by atoms with Gasteiger partial charge in [-0.1, -0.05) is 33.1 Å². The van der Waals surface area contributed by atoms with Gasteiger partial charge in [-0.2, -0.15) is 0 Å². The molecule has 4 N–H and O–H groups in total. The van der Waals surface area contributed by atoms with Gasteiger partial charge in [-0.15, -0.1) is 0 Å². The minimum absolute atomic E-state index is 0.0170. The second-order valence-electron chi connectivity index (χ2n) is 5.03. The maximum absolute atomic E-state index is 11.2. The number of amides is 1. The Morgan fingerprint density at radius 2 is 1.88 bits per heavy atom. The molecule has 0 aliphatic heterocycles. The van der Waals surface area contributed by atoms with Crippen LogP contribution < -0.4 is 11.1 Å². The first-order valence-corrected chi connectivity index (χ1v) is 6.71. The minimum atomic E-state index is -0.413. The van der Waals surface area contributed by atoms with Crippen LogP contribution in [0.3, 0.4) is 0 Å². The predicted octanol–water partition coefficient (Wildman–Crippen LogP) is 1.42. The molecule has 0 heterocycles. The van der Waals surface area contributed by atoms with Gasteiger partial charge in [-0.25, -0.2) is 0 Å². The van der Waals surface area contributed by atoms with Crippen LogP contribution in [0.2, 0.25) is 0 Å². The highest BCUT2D eigenvalue weighted by Crippen LogP contribution is 2.09. The number of hydrogen-bond acceptors (Lipinski definition) is 3. The Morgan fingerprint density at radius 1 is 1.24 bits per heavy atom. The Labute approximate surface area is 105 Å².